The summed E-state index contributed by atoms with van der Waals surface area (Å²) < 4.78 is 11.0. The van der Waals surface area contributed by atoms with Gasteiger partial charge in [-0.1, -0.05) is 103 Å². The normalized spacial score (nSPS) is 12.1. The Kier molecular flexibility index (Phi) is 5.38. The van der Waals surface area contributed by atoms with Crippen molar-refractivity contribution in [2.45, 2.75) is 0 Å². The monoisotopic (exact) mass is 624 g/mol. The van der Waals surface area contributed by atoms with Crippen LogP contribution >= 0.6 is 0 Å². The molecule has 0 unspecified atom stereocenters. The van der Waals surface area contributed by atoms with Gasteiger partial charge >= 0.3 is 0 Å². The van der Waals surface area contributed by atoms with Gasteiger partial charge in [0.05, 0.1) is 22.1 Å². The van der Waals surface area contributed by atoms with Crippen LogP contribution in [0.5, 0.6) is 0 Å². The first kappa shape index (κ1) is 26.5. The van der Waals surface area contributed by atoms with E-state index in [1.807, 2.05) is 12.1 Å². The summed E-state index contributed by atoms with van der Waals surface area (Å²) in [6, 6.07) is 61.4. The lowest BCUT2D eigenvalue weighted by atomic mass is 10.0. The molecule has 11 rings (SSSR count). The fraction of sp³-hybridized carbons (Fsp3) is 0. The zero-order chi connectivity index (χ0) is 32.1. The lowest BCUT2D eigenvalue weighted by Gasteiger charge is -2.11. The Morgan fingerprint density at radius 1 is 0.327 bits per heavy atom. The van der Waals surface area contributed by atoms with E-state index in [0.717, 1.165) is 33.3 Å². The summed E-state index contributed by atoms with van der Waals surface area (Å²) in [4.78, 5) is 0. The molecule has 3 aromatic heterocycles. The Morgan fingerprint density at radius 2 is 1.00 bits per heavy atom. The van der Waals surface area contributed by atoms with E-state index in [-0.39, 0.29) is 0 Å². The Labute approximate surface area is 281 Å². The Balaban J connectivity index is 1.22. The highest BCUT2D eigenvalue weighted by atomic mass is 16.3. The molecule has 0 amide bonds. The summed E-state index contributed by atoms with van der Waals surface area (Å²) in [5, 5.41) is 9.80. The predicted molar refractivity (Wildman–Crippen MR) is 205 cm³/mol. The van der Waals surface area contributed by atoms with Crippen LogP contribution in [-0.4, -0.2) is 9.13 Å². The summed E-state index contributed by atoms with van der Waals surface area (Å²) in [5.74, 6) is 0. The molecule has 0 radical (unpaired) electrons. The molecule has 3 heterocycles. The third kappa shape index (κ3) is 3.78. The SMILES string of the molecule is c1ccc(-n2c3ccccc3c3cc4c(cc32)c2c3ccccc3ccc2n4-c2cccc(-c3ccc4oc5ccccc5c4c3)c2)cc1. The van der Waals surface area contributed by atoms with Crippen molar-refractivity contribution in [2.24, 2.45) is 0 Å². The zero-order valence-electron chi connectivity index (χ0n) is 26.5. The molecule has 0 saturated heterocycles. The first-order valence-electron chi connectivity index (χ1n) is 16.8. The van der Waals surface area contributed by atoms with Crippen LogP contribution in [0.2, 0.25) is 0 Å². The molecule has 3 nitrogen and oxygen atoms in total. The van der Waals surface area contributed by atoms with Crippen molar-refractivity contribution in [3.63, 3.8) is 0 Å². The highest BCUT2D eigenvalue weighted by Crippen LogP contribution is 2.42. The quantitative estimate of drug-likeness (QED) is 0.192. The summed E-state index contributed by atoms with van der Waals surface area (Å²) in [5.41, 5.74) is 11.3. The number of hydrogen-bond donors (Lipinski definition) is 0. The molecule has 8 aromatic carbocycles. The molecule has 0 aliphatic rings. The molecule has 11 aromatic rings. The minimum atomic E-state index is 0.911. The van der Waals surface area contributed by atoms with E-state index in [4.69, 9.17) is 4.42 Å². The van der Waals surface area contributed by atoms with Gasteiger partial charge in [-0.3, -0.25) is 0 Å². The largest absolute Gasteiger partial charge is 0.456 e. The van der Waals surface area contributed by atoms with E-state index in [1.54, 1.807) is 0 Å². The maximum atomic E-state index is 6.15. The molecule has 0 saturated carbocycles. The van der Waals surface area contributed by atoms with Crippen LogP contribution in [0.25, 0.3) is 98.8 Å². The minimum absolute atomic E-state index is 0.911. The van der Waals surface area contributed by atoms with Crippen LogP contribution in [-0.2, 0) is 0 Å². The summed E-state index contributed by atoms with van der Waals surface area (Å²) >= 11 is 0. The zero-order valence-corrected chi connectivity index (χ0v) is 26.5. The molecule has 49 heavy (non-hydrogen) atoms. The van der Waals surface area contributed by atoms with Gasteiger partial charge in [0.15, 0.2) is 0 Å². The second kappa shape index (κ2) is 9.96. The number of benzene rings is 8. The predicted octanol–water partition coefficient (Wildman–Crippen LogP) is 12.6. The summed E-state index contributed by atoms with van der Waals surface area (Å²) in [7, 11) is 0. The summed E-state index contributed by atoms with van der Waals surface area (Å²) in [6.07, 6.45) is 0. The van der Waals surface area contributed by atoms with E-state index < -0.39 is 0 Å². The molecule has 0 fully saturated rings. The van der Waals surface area contributed by atoms with Crippen molar-refractivity contribution in [1.29, 1.82) is 0 Å². The van der Waals surface area contributed by atoms with E-state index in [2.05, 4.69) is 167 Å². The average Bonchev–Trinajstić information content (AvgIpc) is 3.81. The first-order valence-corrected chi connectivity index (χ1v) is 16.8. The van der Waals surface area contributed by atoms with E-state index in [1.165, 1.54) is 65.5 Å². The van der Waals surface area contributed by atoms with Gasteiger partial charge < -0.3 is 13.6 Å². The number of nitrogens with zero attached hydrogens (tertiary/aromatic N) is 2. The number of para-hydroxylation sites is 3. The molecule has 0 N–H and O–H groups in total. The number of aromatic nitrogens is 2. The van der Waals surface area contributed by atoms with Gasteiger partial charge in [-0.2, -0.15) is 0 Å². The van der Waals surface area contributed by atoms with Crippen LogP contribution in [0.15, 0.2) is 174 Å². The smallest absolute Gasteiger partial charge is 0.135 e. The second-order valence-corrected chi connectivity index (χ2v) is 13.0. The van der Waals surface area contributed by atoms with E-state index >= 15 is 0 Å². The van der Waals surface area contributed by atoms with Crippen molar-refractivity contribution in [3.8, 4) is 22.5 Å². The third-order valence-electron chi connectivity index (χ3n) is 10.3. The van der Waals surface area contributed by atoms with E-state index in [9.17, 15) is 0 Å². The van der Waals surface area contributed by atoms with Crippen molar-refractivity contribution < 1.29 is 4.42 Å². The molecular weight excluding hydrogens is 597 g/mol. The van der Waals surface area contributed by atoms with Crippen molar-refractivity contribution in [1.82, 2.24) is 9.13 Å². The molecule has 0 spiro atoms. The van der Waals surface area contributed by atoms with Gasteiger partial charge in [0.25, 0.3) is 0 Å². The van der Waals surface area contributed by atoms with Gasteiger partial charge in [0.2, 0.25) is 0 Å². The van der Waals surface area contributed by atoms with Gasteiger partial charge in [-0.05, 0) is 88.6 Å². The Bertz CT molecular complexity index is 3100. The fourth-order valence-electron chi connectivity index (χ4n) is 8.11. The first-order chi connectivity index (χ1) is 24.3. The Hall–Kier alpha value is -6.58. The molecule has 0 bridgehead atoms. The third-order valence-corrected chi connectivity index (χ3v) is 10.3. The number of fused-ring (bicyclic) bond motifs is 11. The van der Waals surface area contributed by atoms with Crippen LogP contribution < -0.4 is 0 Å². The second-order valence-electron chi connectivity index (χ2n) is 13.0. The van der Waals surface area contributed by atoms with Gasteiger partial charge in [0.1, 0.15) is 11.2 Å². The van der Waals surface area contributed by atoms with Crippen molar-refractivity contribution >= 4 is 76.3 Å². The molecule has 228 valence electrons. The lowest BCUT2D eigenvalue weighted by Crippen LogP contribution is -1.95. The van der Waals surface area contributed by atoms with Gasteiger partial charge in [-0.25, -0.2) is 0 Å². The topological polar surface area (TPSA) is 23.0 Å². The maximum absolute atomic E-state index is 6.15. The standard InChI is InChI=1S/C46H28N2O/c1-2-13-32(14-3-1)47-40-19-8-6-17-35(40)37-27-43-39(28-42(37)47)46-34-16-5-4-11-29(34)21-23-41(46)48(43)33-15-10-12-30(25-33)31-22-24-45-38(26-31)36-18-7-9-20-44(36)49-45/h1-28H. The van der Waals surface area contributed by atoms with Crippen LogP contribution in [0.4, 0.5) is 0 Å². The molecule has 0 aliphatic heterocycles. The minimum Gasteiger partial charge on any atom is -0.456 e. The molecule has 0 atom stereocenters. The fourth-order valence-corrected chi connectivity index (χ4v) is 8.11. The molecular formula is C46H28N2O. The van der Waals surface area contributed by atoms with Crippen molar-refractivity contribution in [3.05, 3.63) is 170 Å². The summed E-state index contributed by atoms with van der Waals surface area (Å²) in [6.45, 7) is 0. The highest BCUT2D eigenvalue weighted by molar-refractivity contribution is 6.25. The van der Waals surface area contributed by atoms with Crippen LogP contribution in [0.1, 0.15) is 0 Å². The van der Waals surface area contributed by atoms with Gasteiger partial charge in [-0.15, -0.1) is 0 Å². The van der Waals surface area contributed by atoms with Crippen molar-refractivity contribution in [2.75, 3.05) is 0 Å². The van der Waals surface area contributed by atoms with E-state index in [0.29, 0.717) is 0 Å². The maximum Gasteiger partial charge on any atom is 0.135 e. The molecule has 0 aliphatic carbocycles. The van der Waals surface area contributed by atoms with Crippen LogP contribution in [0.3, 0.4) is 0 Å². The number of furan rings is 1. The highest BCUT2D eigenvalue weighted by Gasteiger charge is 2.20. The number of hydrogen-bond acceptors (Lipinski definition) is 1. The lowest BCUT2D eigenvalue weighted by molar-refractivity contribution is 0.669. The number of rotatable bonds is 3. The average molecular weight is 625 g/mol. The van der Waals surface area contributed by atoms with Crippen LogP contribution in [0, 0.1) is 0 Å². The van der Waals surface area contributed by atoms with Gasteiger partial charge in [0, 0.05) is 43.7 Å². The Morgan fingerprint density at radius 3 is 1.92 bits per heavy atom. The molecule has 3 heteroatoms.